The molecule has 0 spiro atoms. The van der Waals surface area contributed by atoms with Gasteiger partial charge in [-0.25, -0.2) is 0 Å². The van der Waals surface area contributed by atoms with Crippen molar-refractivity contribution >= 4 is 28.3 Å². The molecular weight excluding hydrogens is 352 g/mol. The standard InChI is InChI=1S/C18H24N4O3S/c1-5-14-21-22-18(26-14)20-17(24)15(11(3)4)19-16(23)12-7-9-13(10-8-12)25-6-2/h7-11,15H,5-6H2,1-4H3,(H,19,23)(H,20,22,24). The first-order chi connectivity index (χ1) is 12.4. The minimum absolute atomic E-state index is 0.0831. The highest BCUT2D eigenvalue weighted by molar-refractivity contribution is 7.15. The van der Waals surface area contributed by atoms with Gasteiger partial charge in [0.25, 0.3) is 5.91 Å². The molecule has 1 heterocycles. The van der Waals surface area contributed by atoms with Crippen molar-refractivity contribution in [2.45, 2.75) is 40.2 Å². The minimum atomic E-state index is -0.678. The quantitative estimate of drug-likeness (QED) is 0.739. The second kappa shape index (κ2) is 9.28. The van der Waals surface area contributed by atoms with Crippen molar-refractivity contribution in [2.24, 2.45) is 5.92 Å². The van der Waals surface area contributed by atoms with Gasteiger partial charge in [0, 0.05) is 5.56 Å². The molecule has 0 saturated carbocycles. The van der Waals surface area contributed by atoms with Crippen molar-refractivity contribution in [3.05, 3.63) is 34.8 Å². The van der Waals surface area contributed by atoms with E-state index in [0.29, 0.717) is 23.1 Å². The molecule has 0 radical (unpaired) electrons. The number of benzene rings is 1. The third-order valence-electron chi connectivity index (χ3n) is 3.66. The van der Waals surface area contributed by atoms with E-state index in [2.05, 4.69) is 20.8 Å². The summed E-state index contributed by atoms with van der Waals surface area (Å²) in [5, 5.41) is 14.7. The predicted octanol–water partition coefficient (Wildman–Crippen LogP) is 2.89. The van der Waals surface area contributed by atoms with Gasteiger partial charge in [0.05, 0.1) is 6.61 Å². The summed E-state index contributed by atoms with van der Waals surface area (Å²) in [5.41, 5.74) is 0.469. The number of aromatic nitrogens is 2. The Hall–Kier alpha value is -2.48. The van der Waals surface area contributed by atoms with Gasteiger partial charge in [-0.05, 0) is 43.5 Å². The van der Waals surface area contributed by atoms with Gasteiger partial charge in [0.15, 0.2) is 0 Å². The molecule has 0 aliphatic rings. The summed E-state index contributed by atoms with van der Waals surface area (Å²) in [6, 6.07) is 6.14. The van der Waals surface area contributed by atoms with Gasteiger partial charge in [-0.3, -0.25) is 14.9 Å². The zero-order chi connectivity index (χ0) is 19.1. The third-order valence-corrected chi connectivity index (χ3v) is 4.65. The number of nitrogens with zero attached hydrogens (tertiary/aromatic N) is 2. The largest absolute Gasteiger partial charge is 0.494 e. The number of carbonyl (C=O) groups is 2. The van der Waals surface area contributed by atoms with Crippen molar-refractivity contribution in [1.29, 1.82) is 0 Å². The van der Waals surface area contributed by atoms with Crippen LogP contribution in [0.2, 0.25) is 0 Å². The molecular formula is C18H24N4O3S. The lowest BCUT2D eigenvalue weighted by Crippen LogP contribution is -2.47. The SMILES string of the molecule is CCOc1ccc(C(=O)NC(C(=O)Nc2nnc(CC)s2)C(C)C)cc1. The first-order valence-electron chi connectivity index (χ1n) is 8.61. The normalized spacial score (nSPS) is 11.9. The number of ether oxygens (including phenoxy) is 1. The molecule has 2 N–H and O–H groups in total. The number of hydrogen-bond donors (Lipinski definition) is 2. The molecule has 1 aromatic heterocycles. The zero-order valence-electron chi connectivity index (χ0n) is 15.4. The lowest BCUT2D eigenvalue weighted by molar-refractivity contribution is -0.118. The fourth-order valence-electron chi connectivity index (χ4n) is 2.26. The molecule has 0 saturated heterocycles. The Balaban J connectivity index is 2.04. The number of aryl methyl sites for hydroxylation is 1. The molecule has 0 aliphatic carbocycles. The van der Waals surface area contributed by atoms with Crippen LogP contribution in [0.15, 0.2) is 24.3 Å². The number of nitrogens with one attached hydrogen (secondary N) is 2. The highest BCUT2D eigenvalue weighted by Gasteiger charge is 2.25. The lowest BCUT2D eigenvalue weighted by atomic mass is 10.0. The Labute approximate surface area is 157 Å². The van der Waals surface area contributed by atoms with E-state index < -0.39 is 6.04 Å². The van der Waals surface area contributed by atoms with Crippen molar-refractivity contribution in [3.8, 4) is 5.75 Å². The van der Waals surface area contributed by atoms with Crippen LogP contribution in [0.1, 0.15) is 43.1 Å². The van der Waals surface area contributed by atoms with Crippen LogP contribution in [0.25, 0.3) is 0 Å². The molecule has 0 bridgehead atoms. The van der Waals surface area contributed by atoms with Crippen LogP contribution in [0, 0.1) is 5.92 Å². The molecule has 26 heavy (non-hydrogen) atoms. The molecule has 7 nitrogen and oxygen atoms in total. The van der Waals surface area contributed by atoms with Crippen LogP contribution in [-0.2, 0) is 11.2 Å². The number of anilines is 1. The lowest BCUT2D eigenvalue weighted by Gasteiger charge is -2.21. The summed E-state index contributed by atoms with van der Waals surface area (Å²) in [5.74, 6) is -0.00286. The molecule has 8 heteroatoms. The van der Waals surface area contributed by atoms with Gasteiger partial charge in [0.2, 0.25) is 11.0 Å². The number of hydrogen-bond acceptors (Lipinski definition) is 6. The second-order valence-corrected chi connectivity index (χ2v) is 7.06. The van der Waals surface area contributed by atoms with Gasteiger partial charge in [0.1, 0.15) is 16.8 Å². The summed E-state index contributed by atoms with van der Waals surface area (Å²) in [6.45, 7) is 8.18. The molecule has 1 unspecified atom stereocenters. The maximum atomic E-state index is 12.6. The Morgan fingerprint density at radius 2 is 1.85 bits per heavy atom. The highest BCUT2D eigenvalue weighted by atomic mass is 32.1. The van der Waals surface area contributed by atoms with Crippen molar-refractivity contribution in [1.82, 2.24) is 15.5 Å². The number of carbonyl (C=O) groups excluding carboxylic acids is 2. The van der Waals surface area contributed by atoms with E-state index in [9.17, 15) is 9.59 Å². The van der Waals surface area contributed by atoms with Gasteiger partial charge >= 0.3 is 0 Å². The Morgan fingerprint density at radius 3 is 2.38 bits per heavy atom. The maximum absolute atomic E-state index is 12.6. The summed E-state index contributed by atoms with van der Waals surface area (Å²) in [7, 11) is 0. The predicted molar refractivity (Wildman–Crippen MR) is 102 cm³/mol. The Bertz CT molecular complexity index is 743. The Morgan fingerprint density at radius 1 is 1.15 bits per heavy atom. The Kier molecular flexibility index (Phi) is 7.08. The summed E-state index contributed by atoms with van der Waals surface area (Å²) in [6.07, 6.45) is 0.760. The van der Waals surface area contributed by atoms with E-state index in [1.165, 1.54) is 11.3 Å². The molecule has 140 valence electrons. The fraction of sp³-hybridized carbons (Fsp3) is 0.444. The molecule has 2 rings (SSSR count). The number of amides is 2. The molecule has 1 aromatic carbocycles. The number of rotatable bonds is 8. The summed E-state index contributed by atoms with van der Waals surface area (Å²) in [4.78, 5) is 25.0. The molecule has 2 aromatic rings. The van der Waals surface area contributed by atoms with Crippen LogP contribution in [0.5, 0.6) is 5.75 Å². The smallest absolute Gasteiger partial charge is 0.251 e. The molecule has 2 amide bonds. The fourth-order valence-corrected chi connectivity index (χ4v) is 2.94. The third kappa shape index (κ3) is 5.26. The van der Waals surface area contributed by atoms with Gasteiger partial charge < -0.3 is 10.1 Å². The van der Waals surface area contributed by atoms with Crippen molar-refractivity contribution in [2.75, 3.05) is 11.9 Å². The van der Waals surface area contributed by atoms with Crippen molar-refractivity contribution in [3.63, 3.8) is 0 Å². The van der Waals surface area contributed by atoms with E-state index in [4.69, 9.17) is 4.74 Å². The summed E-state index contributed by atoms with van der Waals surface area (Å²) >= 11 is 1.33. The summed E-state index contributed by atoms with van der Waals surface area (Å²) < 4.78 is 5.37. The monoisotopic (exact) mass is 376 g/mol. The van der Waals surface area contributed by atoms with E-state index in [-0.39, 0.29) is 17.7 Å². The molecule has 0 aliphatic heterocycles. The topological polar surface area (TPSA) is 93.2 Å². The van der Waals surface area contributed by atoms with Gasteiger partial charge in [-0.1, -0.05) is 32.1 Å². The van der Waals surface area contributed by atoms with Crippen LogP contribution in [0.3, 0.4) is 0 Å². The minimum Gasteiger partial charge on any atom is -0.494 e. The maximum Gasteiger partial charge on any atom is 0.251 e. The molecule has 1 atom stereocenters. The van der Waals surface area contributed by atoms with Crippen molar-refractivity contribution < 1.29 is 14.3 Å². The highest BCUT2D eigenvalue weighted by Crippen LogP contribution is 2.17. The van der Waals surface area contributed by atoms with E-state index in [1.54, 1.807) is 24.3 Å². The second-order valence-electron chi connectivity index (χ2n) is 6.00. The average molecular weight is 376 g/mol. The van der Waals surface area contributed by atoms with E-state index in [0.717, 1.165) is 11.4 Å². The molecule has 0 fully saturated rings. The van der Waals surface area contributed by atoms with Gasteiger partial charge in [-0.15, -0.1) is 10.2 Å². The first kappa shape index (κ1) is 19.8. The van der Waals surface area contributed by atoms with Crippen LogP contribution >= 0.6 is 11.3 Å². The average Bonchev–Trinajstić information content (AvgIpc) is 3.07. The van der Waals surface area contributed by atoms with Crippen LogP contribution < -0.4 is 15.4 Å². The van der Waals surface area contributed by atoms with Crippen LogP contribution in [0.4, 0.5) is 5.13 Å². The van der Waals surface area contributed by atoms with Crippen LogP contribution in [-0.4, -0.2) is 34.7 Å². The first-order valence-corrected chi connectivity index (χ1v) is 9.43. The van der Waals surface area contributed by atoms with E-state index in [1.807, 2.05) is 27.7 Å². The van der Waals surface area contributed by atoms with E-state index >= 15 is 0 Å². The van der Waals surface area contributed by atoms with Gasteiger partial charge in [-0.2, -0.15) is 0 Å². The zero-order valence-corrected chi connectivity index (χ0v) is 16.2.